The highest BCUT2D eigenvalue weighted by Crippen LogP contribution is 2.36. The molecule has 2 aliphatic rings. The minimum Gasteiger partial charge on any atom is -0.347 e. The van der Waals surface area contributed by atoms with Crippen LogP contribution in [0.5, 0.6) is 0 Å². The minimum atomic E-state index is -0.124. The molecule has 1 amide bonds. The van der Waals surface area contributed by atoms with Crippen molar-refractivity contribution >= 4 is 5.91 Å². The van der Waals surface area contributed by atoms with E-state index in [4.69, 9.17) is 0 Å². The zero-order chi connectivity index (χ0) is 15.0. The van der Waals surface area contributed by atoms with E-state index >= 15 is 0 Å². The molecule has 0 bridgehead atoms. The van der Waals surface area contributed by atoms with E-state index in [2.05, 4.69) is 29.1 Å². The number of hydrogen-bond donors (Lipinski definition) is 2. The molecule has 0 aromatic carbocycles. The molecule has 2 N–H and O–H groups in total. The molecule has 1 unspecified atom stereocenters. The van der Waals surface area contributed by atoms with Crippen LogP contribution in [0, 0.1) is 5.41 Å². The maximum absolute atomic E-state index is 12.7. The van der Waals surface area contributed by atoms with Crippen molar-refractivity contribution in [2.24, 2.45) is 5.41 Å². The Balaban J connectivity index is 1.61. The van der Waals surface area contributed by atoms with Crippen LogP contribution in [0.3, 0.4) is 0 Å². The van der Waals surface area contributed by atoms with Gasteiger partial charge in [0.15, 0.2) is 0 Å². The standard InChI is InChI=1S/C16H26N4O/c1-16(2)6-4-11(5-7-16)20(3)15(21)13-8-12-14(9-17-13)19-10-18-12/h10-11,13,17H,4-9H2,1-3H3,(H,18,19). The zero-order valence-corrected chi connectivity index (χ0v) is 13.3. The Morgan fingerprint density at radius 2 is 2.10 bits per heavy atom. The van der Waals surface area contributed by atoms with Gasteiger partial charge < -0.3 is 9.88 Å². The number of nitrogens with zero attached hydrogens (tertiary/aromatic N) is 2. The lowest BCUT2D eigenvalue weighted by Crippen LogP contribution is -2.52. The molecule has 0 saturated heterocycles. The van der Waals surface area contributed by atoms with Gasteiger partial charge in [-0.15, -0.1) is 0 Å². The fraction of sp³-hybridized carbons (Fsp3) is 0.750. The fourth-order valence-corrected chi connectivity index (χ4v) is 3.54. The number of carbonyl (C=O) groups excluding carboxylic acids is 1. The van der Waals surface area contributed by atoms with Crippen molar-refractivity contribution < 1.29 is 4.79 Å². The average Bonchev–Trinajstić information content (AvgIpc) is 2.93. The highest BCUT2D eigenvalue weighted by atomic mass is 16.2. The largest absolute Gasteiger partial charge is 0.347 e. The van der Waals surface area contributed by atoms with Crippen molar-refractivity contribution in [2.45, 2.75) is 64.6 Å². The molecule has 1 aliphatic carbocycles. The monoisotopic (exact) mass is 290 g/mol. The molecule has 2 heterocycles. The van der Waals surface area contributed by atoms with Gasteiger partial charge in [-0.05, 0) is 31.1 Å². The Labute approximate surface area is 126 Å². The Morgan fingerprint density at radius 1 is 1.38 bits per heavy atom. The summed E-state index contributed by atoms with van der Waals surface area (Å²) in [5.41, 5.74) is 2.58. The second-order valence-corrected chi connectivity index (χ2v) is 7.31. The van der Waals surface area contributed by atoms with Gasteiger partial charge >= 0.3 is 0 Å². The minimum absolute atomic E-state index is 0.124. The predicted molar refractivity (Wildman–Crippen MR) is 81.7 cm³/mol. The summed E-state index contributed by atoms with van der Waals surface area (Å²) in [6.07, 6.45) is 7.06. The molecule has 21 heavy (non-hydrogen) atoms. The third kappa shape index (κ3) is 2.98. The van der Waals surface area contributed by atoms with Crippen LogP contribution in [-0.4, -0.2) is 39.9 Å². The molecule has 5 nitrogen and oxygen atoms in total. The zero-order valence-electron chi connectivity index (χ0n) is 13.3. The molecule has 1 saturated carbocycles. The Kier molecular flexibility index (Phi) is 3.78. The molecular formula is C16H26N4O. The van der Waals surface area contributed by atoms with Gasteiger partial charge in [0.2, 0.25) is 5.91 Å². The molecule has 5 heteroatoms. The van der Waals surface area contributed by atoms with Crippen molar-refractivity contribution in [3.63, 3.8) is 0 Å². The van der Waals surface area contributed by atoms with Crippen molar-refractivity contribution in [3.8, 4) is 0 Å². The van der Waals surface area contributed by atoms with Gasteiger partial charge in [-0.25, -0.2) is 4.98 Å². The number of nitrogens with one attached hydrogen (secondary N) is 2. The van der Waals surface area contributed by atoms with Crippen molar-refractivity contribution in [2.75, 3.05) is 7.05 Å². The number of H-pyrrole nitrogens is 1. The first-order chi connectivity index (χ1) is 9.96. The number of carbonyl (C=O) groups is 1. The smallest absolute Gasteiger partial charge is 0.240 e. The number of aromatic nitrogens is 2. The van der Waals surface area contributed by atoms with Gasteiger partial charge in [-0.3, -0.25) is 10.1 Å². The van der Waals surface area contributed by atoms with Crippen LogP contribution < -0.4 is 5.32 Å². The summed E-state index contributed by atoms with van der Waals surface area (Å²) in [5.74, 6) is 0.216. The number of hydrogen-bond acceptors (Lipinski definition) is 3. The van der Waals surface area contributed by atoms with Gasteiger partial charge in [0, 0.05) is 26.1 Å². The lowest BCUT2D eigenvalue weighted by molar-refractivity contribution is -0.135. The summed E-state index contributed by atoms with van der Waals surface area (Å²) >= 11 is 0. The van der Waals surface area contributed by atoms with E-state index in [1.54, 1.807) is 6.33 Å². The van der Waals surface area contributed by atoms with Crippen LogP contribution in [0.15, 0.2) is 6.33 Å². The van der Waals surface area contributed by atoms with Gasteiger partial charge in [-0.2, -0.15) is 0 Å². The van der Waals surface area contributed by atoms with E-state index in [9.17, 15) is 4.79 Å². The highest BCUT2D eigenvalue weighted by molar-refractivity contribution is 5.82. The Bertz CT molecular complexity index is 512. The highest BCUT2D eigenvalue weighted by Gasteiger charge is 2.34. The van der Waals surface area contributed by atoms with E-state index < -0.39 is 0 Å². The molecule has 1 aliphatic heterocycles. The fourth-order valence-electron chi connectivity index (χ4n) is 3.54. The SMILES string of the molecule is CN(C(=O)C1Cc2nc[nH]c2CN1)C1CCC(C)(C)CC1. The van der Waals surface area contributed by atoms with Crippen LogP contribution in [-0.2, 0) is 17.8 Å². The molecule has 1 aromatic rings. The molecular weight excluding hydrogens is 264 g/mol. The van der Waals surface area contributed by atoms with Gasteiger partial charge in [0.25, 0.3) is 0 Å². The first-order valence-electron chi connectivity index (χ1n) is 7.97. The quantitative estimate of drug-likeness (QED) is 0.874. The van der Waals surface area contributed by atoms with E-state index in [-0.39, 0.29) is 11.9 Å². The molecule has 0 radical (unpaired) electrons. The lowest BCUT2D eigenvalue weighted by Gasteiger charge is -2.40. The van der Waals surface area contributed by atoms with E-state index in [0.29, 0.717) is 24.4 Å². The predicted octanol–water partition coefficient (Wildman–Crippen LogP) is 1.85. The first kappa shape index (κ1) is 14.6. The summed E-state index contributed by atoms with van der Waals surface area (Å²) in [6.45, 7) is 5.36. The number of fused-ring (bicyclic) bond motifs is 1. The molecule has 3 rings (SSSR count). The molecule has 1 fully saturated rings. The maximum atomic E-state index is 12.7. The normalized spacial score (nSPS) is 25.4. The number of imidazole rings is 1. The maximum Gasteiger partial charge on any atom is 0.240 e. The van der Waals surface area contributed by atoms with Crippen LogP contribution in [0.25, 0.3) is 0 Å². The topological polar surface area (TPSA) is 61.0 Å². The number of rotatable bonds is 2. The van der Waals surface area contributed by atoms with E-state index in [1.807, 2.05) is 11.9 Å². The van der Waals surface area contributed by atoms with E-state index in [1.165, 1.54) is 12.8 Å². The van der Waals surface area contributed by atoms with Crippen molar-refractivity contribution in [1.82, 2.24) is 20.2 Å². The van der Waals surface area contributed by atoms with Crippen molar-refractivity contribution in [1.29, 1.82) is 0 Å². The number of aromatic amines is 1. The van der Waals surface area contributed by atoms with Crippen LogP contribution >= 0.6 is 0 Å². The van der Waals surface area contributed by atoms with Gasteiger partial charge in [0.1, 0.15) is 0 Å². The summed E-state index contributed by atoms with van der Waals surface area (Å²) in [4.78, 5) is 22.1. The van der Waals surface area contributed by atoms with Crippen LogP contribution in [0.4, 0.5) is 0 Å². The van der Waals surface area contributed by atoms with E-state index in [0.717, 1.165) is 24.2 Å². The molecule has 0 spiro atoms. The number of amides is 1. The lowest BCUT2D eigenvalue weighted by atomic mass is 9.75. The summed E-state index contributed by atoms with van der Waals surface area (Å²) in [5, 5.41) is 3.33. The van der Waals surface area contributed by atoms with Gasteiger partial charge in [-0.1, -0.05) is 13.8 Å². The first-order valence-corrected chi connectivity index (χ1v) is 7.97. The summed E-state index contributed by atoms with van der Waals surface area (Å²) in [7, 11) is 1.97. The average molecular weight is 290 g/mol. The number of likely N-dealkylation sites (N-methyl/N-ethyl adjacent to an activating group) is 1. The third-order valence-corrected chi connectivity index (χ3v) is 5.23. The molecule has 1 atom stereocenters. The van der Waals surface area contributed by atoms with Gasteiger partial charge in [0.05, 0.1) is 23.8 Å². The summed E-state index contributed by atoms with van der Waals surface area (Å²) in [6, 6.07) is 0.272. The van der Waals surface area contributed by atoms with Crippen molar-refractivity contribution in [3.05, 3.63) is 17.7 Å². The Morgan fingerprint density at radius 3 is 2.81 bits per heavy atom. The Hall–Kier alpha value is -1.36. The molecule has 1 aromatic heterocycles. The third-order valence-electron chi connectivity index (χ3n) is 5.23. The second kappa shape index (κ2) is 5.44. The summed E-state index contributed by atoms with van der Waals surface area (Å²) < 4.78 is 0. The van der Waals surface area contributed by atoms with Crippen LogP contribution in [0.1, 0.15) is 50.9 Å². The second-order valence-electron chi connectivity index (χ2n) is 7.31. The molecule has 116 valence electrons. The van der Waals surface area contributed by atoms with Crippen LogP contribution in [0.2, 0.25) is 0 Å².